The van der Waals surface area contributed by atoms with Gasteiger partial charge in [0.25, 0.3) is 5.91 Å². The number of pyridine rings is 1. The Morgan fingerprint density at radius 3 is 2.49 bits per heavy atom. The Kier molecular flexibility index (Phi) is 7.45. The second-order valence-corrected chi connectivity index (χ2v) is 10.8. The number of ether oxygens (including phenoxy) is 1. The summed E-state index contributed by atoms with van der Waals surface area (Å²) in [5, 5.41) is -0.0701. The first-order chi connectivity index (χ1) is 17.9. The summed E-state index contributed by atoms with van der Waals surface area (Å²) in [6.07, 6.45) is 6.71. The van der Waals surface area contributed by atoms with Gasteiger partial charge in [-0.05, 0) is 55.7 Å². The van der Waals surface area contributed by atoms with E-state index in [-0.39, 0.29) is 38.5 Å². The lowest BCUT2D eigenvalue weighted by atomic mass is 9.93. The number of nitrogens with zero attached hydrogens (tertiary/aromatic N) is 2. The number of methoxy groups -OCH3 is 1. The molecule has 1 fully saturated rings. The number of hydrogen-bond acceptors (Lipinski definition) is 4. The van der Waals surface area contributed by atoms with Crippen molar-refractivity contribution >= 4 is 38.9 Å². The Labute approximate surface area is 223 Å². The van der Waals surface area contributed by atoms with Crippen LogP contribution in [0.5, 0.6) is 5.75 Å². The van der Waals surface area contributed by atoms with Crippen molar-refractivity contribution in [1.82, 2.24) is 9.88 Å². The van der Waals surface area contributed by atoms with Gasteiger partial charge >= 0.3 is 0 Å². The average Bonchev–Trinajstić information content (AvgIpc) is 3.28. The lowest BCUT2D eigenvalue weighted by molar-refractivity contribution is 0.0618. The second kappa shape index (κ2) is 10.8. The van der Waals surface area contributed by atoms with Crippen LogP contribution in [0.15, 0.2) is 48.7 Å². The van der Waals surface area contributed by atoms with Crippen LogP contribution in [0.25, 0.3) is 21.2 Å². The van der Waals surface area contributed by atoms with Crippen LogP contribution in [0.3, 0.4) is 0 Å². The number of hydrogen-bond donors (Lipinski definition) is 0. The van der Waals surface area contributed by atoms with E-state index >= 15 is 0 Å². The highest BCUT2D eigenvalue weighted by molar-refractivity contribution is 7.21. The minimum absolute atomic E-state index is 0.00775. The highest BCUT2D eigenvalue weighted by Crippen LogP contribution is 2.40. The fraction of sp³-hybridized carbons (Fsp3) is 0.310. The SMILES string of the molecule is COc1ccc(-c2ccc(C)nc2)cc1CN(C(=O)c1sc2c(F)ccc(F)c2c1Cl)C1CCCCC1. The monoisotopic (exact) mass is 540 g/mol. The largest absolute Gasteiger partial charge is 0.496 e. The second-order valence-electron chi connectivity index (χ2n) is 9.42. The van der Waals surface area contributed by atoms with Crippen LogP contribution >= 0.6 is 22.9 Å². The molecule has 0 spiro atoms. The molecule has 8 heteroatoms. The maximum atomic E-state index is 14.5. The van der Waals surface area contributed by atoms with Crippen molar-refractivity contribution in [2.24, 2.45) is 0 Å². The molecule has 2 aromatic carbocycles. The van der Waals surface area contributed by atoms with Gasteiger partial charge in [-0.15, -0.1) is 11.3 Å². The zero-order valence-corrected chi connectivity index (χ0v) is 22.3. The van der Waals surface area contributed by atoms with E-state index in [1.165, 1.54) is 0 Å². The Hall–Kier alpha value is -3.03. The molecule has 4 nitrogen and oxygen atoms in total. The molecule has 0 radical (unpaired) electrons. The number of benzene rings is 2. The highest BCUT2D eigenvalue weighted by atomic mass is 35.5. The van der Waals surface area contributed by atoms with Crippen molar-refractivity contribution in [3.05, 3.63) is 81.5 Å². The van der Waals surface area contributed by atoms with Gasteiger partial charge in [-0.25, -0.2) is 8.78 Å². The molecule has 1 aliphatic carbocycles. The molecule has 1 amide bonds. The summed E-state index contributed by atoms with van der Waals surface area (Å²) in [6, 6.07) is 11.9. The van der Waals surface area contributed by atoms with Crippen LogP contribution < -0.4 is 4.74 Å². The van der Waals surface area contributed by atoms with E-state index < -0.39 is 11.6 Å². The number of rotatable bonds is 6. The van der Waals surface area contributed by atoms with Crippen LogP contribution in [0.4, 0.5) is 8.78 Å². The molecular formula is C29H27ClF2N2O2S. The molecule has 4 aromatic rings. The molecule has 5 rings (SSSR count). The number of thiophene rings is 1. The standard InChI is InChI=1S/C29H27ClF2N2O2S/c1-17-8-9-19(15-33-17)18-10-13-24(36-2)20(14-18)16-34(21-6-4-3-5-7-21)29(35)28-26(30)25-22(31)11-12-23(32)27(25)37-28/h8-15,21H,3-7,16H2,1-2H3. The molecule has 0 bridgehead atoms. The Balaban J connectivity index is 1.56. The number of aryl methyl sites for hydroxylation is 1. The number of carbonyl (C=O) groups is 1. The number of halogens is 3. The fourth-order valence-electron chi connectivity index (χ4n) is 5.03. The van der Waals surface area contributed by atoms with E-state index in [9.17, 15) is 13.6 Å². The summed E-state index contributed by atoms with van der Waals surface area (Å²) in [7, 11) is 1.60. The topological polar surface area (TPSA) is 42.4 Å². The summed E-state index contributed by atoms with van der Waals surface area (Å²) in [6.45, 7) is 2.23. The van der Waals surface area contributed by atoms with Gasteiger partial charge in [0.05, 0.1) is 22.2 Å². The smallest absolute Gasteiger partial charge is 0.266 e. The number of aromatic nitrogens is 1. The molecule has 1 saturated carbocycles. The predicted molar refractivity (Wildman–Crippen MR) is 144 cm³/mol. The van der Waals surface area contributed by atoms with Gasteiger partial charge in [-0.1, -0.05) is 43.0 Å². The number of fused-ring (bicyclic) bond motifs is 1. The van der Waals surface area contributed by atoms with Crippen LogP contribution in [0.1, 0.15) is 53.0 Å². The molecular weight excluding hydrogens is 514 g/mol. The van der Waals surface area contributed by atoms with E-state index in [1.807, 2.05) is 43.5 Å². The molecule has 1 aliphatic rings. The van der Waals surface area contributed by atoms with Gasteiger partial charge in [-0.3, -0.25) is 9.78 Å². The summed E-state index contributed by atoms with van der Waals surface area (Å²) in [5.74, 6) is -0.882. The van der Waals surface area contributed by atoms with Crippen molar-refractivity contribution in [3.8, 4) is 16.9 Å². The lowest BCUT2D eigenvalue weighted by Gasteiger charge is -2.34. The molecule has 0 aliphatic heterocycles. The van der Waals surface area contributed by atoms with Crippen molar-refractivity contribution < 1.29 is 18.3 Å². The minimum Gasteiger partial charge on any atom is -0.496 e. The van der Waals surface area contributed by atoms with Crippen LogP contribution in [-0.2, 0) is 6.54 Å². The predicted octanol–water partition coefficient (Wildman–Crippen LogP) is 8.19. The summed E-state index contributed by atoms with van der Waals surface area (Å²) >= 11 is 7.43. The third kappa shape index (κ3) is 5.07. The fourth-order valence-corrected chi connectivity index (χ4v) is 6.53. The molecule has 37 heavy (non-hydrogen) atoms. The highest BCUT2D eigenvalue weighted by Gasteiger charge is 2.31. The molecule has 2 heterocycles. The minimum atomic E-state index is -0.637. The van der Waals surface area contributed by atoms with E-state index in [4.69, 9.17) is 16.3 Å². The van der Waals surface area contributed by atoms with Gasteiger partial charge in [0.1, 0.15) is 22.3 Å². The number of amides is 1. The van der Waals surface area contributed by atoms with Gasteiger partial charge < -0.3 is 9.64 Å². The maximum absolute atomic E-state index is 14.5. The first-order valence-electron chi connectivity index (χ1n) is 12.3. The number of carbonyl (C=O) groups excluding carboxylic acids is 1. The molecule has 2 aromatic heterocycles. The Morgan fingerprint density at radius 1 is 1.08 bits per heavy atom. The van der Waals surface area contributed by atoms with Gasteiger partial charge in [0.2, 0.25) is 0 Å². The quantitative estimate of drug-likeness (QED) is 0.247. The average molecular weight is 541 g/mol. The molecule has 192 valence electrons. The van der Waals surface area contributed by atoms with Crippen molar-refractivity contribution in [2.75, 3.05) is 7.11 Å². The van der Waals surface area contributed by atoms with E-state index in [0.29, 0.717) is 5.75 Å². The third-order valence-electron chi connectivity index (χ3n) is 7.02. The Bertz CT molecular complexity index is 1450. The van der Waals surface area contributed by atoms with Crippen LogP contribution in [0.2, 0.25) is 5.02 Å². The van der Waals surface area contributed by atoms with Crippen molar-refractivity contribution in [2.45, 2.75) is 51.6 Å². The molecule has 0 N–H and O–H groups in total. The third-order valence-corrected chi connectivity index (χ3v) is 8.69. The van der Waals surface area contributed by atoms with Gasteiger partial charge in [0, 0.05) is 35.6 Å². The zero-order chi connectivity index (χ0) is 26.1. The van der Waals surface area contributed by atoms with Crippen LogP contribution in [0, 0.1) is 18.6 Å². The van der Waals surface area contributed by atoms with E-state index in [2.05, 4.69) is 4.98 Å². The van der Waals surface area contributed by atoms with Crippen LogP contribution in [-0.4, -0.2) is 28.9 Å². The summed E-state index contributed by atoms with van der Waals surface area (Å²) in [4.78, 5) is 20.4. The van der Waals surface area contributed by atoms with Gasteiger partial charge in [0.15, 0.2) is 0 Å². The first kappa shape index (κ1) is 25.6. The Morgan fingerprint density at radius 2 is 1.81 bits per heavy atom. The summed E-state index contributed by atoms with van der Waals surface area (Å²) in [5.41, 5.74) is 3.70. The first-order valence-corrected chi connectivity index (χ1v) is 13.5. The molecule has 0 saturated heterocycles. The van der Waals surface area contributed by atoms with E-state index in [0.717, 1.165) is 78.0 Å². The molecule has 0 atom stereocenters. The zero-order valence-electron chi connectivity index (χ0n) is 20.7. The summed E-state index contributed by atoms with van der Waals surface area (Å²) < 4.78 is 34.8. The van der Waals surface area contributed by atoms with Crippen molar-refractivity contribution in [1.29, 1.82) is 0 Å². The normalized spacial score (nSPS) is 14.2. The lowest BCUT2D eigenvalue weighted by Crippen LogP contribution is -2.40. The maximum Gasteiger partial charge on any atom is 0.266 e. The van der Waals surface area contributed by atoms with Crippen molar-refractivity contribution in [3.63, 3.8) is 0 Å². The molecule has 0 unspecified atom stereocenters. The van der Waals surface area contributed by atoms with E-state index in [1.54, 1.807) is 12.0 Å². The van der Waals surface area contributed by atoms with Gasteiger partial charge in [-0.2, -0.15) is 0 Å².